The van der Waals surface area contributed by atoms with E-state index in [4.69, 9.17) is 27.9 Å². The van der Waals surface area contributed by atoms with Crippen LogP contribution in [-0.4, -0.2) is 35.9 Å². The van der Waals surface area contributed by atoms with E-state index in [-0.39, 0.29) is 25.0 Å². The summed E-state index contributed by atoms with van der Waals surface area (Å²) in [4.78, 5) is 26.8. The Morgan fingerprint density at radius 3 is 2.34 bits per heavy atom. The van der Waals surface area contributed by atoms with Crippen molar-refractivity contribution in [3.8, 4) is 5.75 Å². The molecule has 0 bridgehead atoms. The Balaban J connectivity index is 2.20. The molecule has 0 radical (unpaired) electrons. The molecule has 0 spiro atoms. The zero-order valence-corrected chi connectivity index (χ0v) is 18.6. The lowest BCUT2D eigenvalue weighted by molar-refractivity contribution is -0.142. The number of amides is 2. The molecule has 0 aliphatic rings. The Bertz CT molecular complexity index is 866. The number of hydrogen-bond acceptors (Lipinski definition) is 3. The highest BCUT2D eigenvalue weighted by atomic mass is 35.5. The fourth-order valence-electron chi connectivity index (χ4n) is 2.98. The largest absolute Gasteiger partial charge is 0.484 e. The van der Waals surface area contributed by atoms with Gasteiger partial charge in [-0.1, -0.05) is 35.3 Å². The number of carbonyl (C=O) groups excluding carboxylic acids is 2. The second-order valence-corrected chi connectivity index (χ2v) is 7.78. The molecule has 5 nitrogen and oxygen atoms in total. The quantitative estimate of drug-likeness (QED) is 0.660. The van der Waals surface area contributed by atoms with E-state index in [1.807, 2.05) is 39.0 Å². The molecule has 0 saturated carbocycles. The smallest absolute Gasteiger partial charge is 0.261 e. The van der Waals surface area contributed by atoms with Crippen molar-refractivity contribution in [2.75, 3.05) is 13.2 Å². The van der Waals surface area contributed by atoms with Crippen molar-refractivity contribution in [3.63, 3.8) is 0 Å². The van der Waals surface area contributed by atoms with Gasteiger partial charge in [-0.2, -0.15) is 0 Å². The topological polar surface area (TPSA) is 58.6 Å². The Kier molecular flexibility index (Phi) is 8.35. The van der Waals surface area contributed by atoms with Gasteiger partial charge in [0.1, 0.15) is 11.8 Å². The average molecular weight is 437 g/mol. The predicted octanol–water partition coefficient (Wildman–Crippen LogP) is 4.54. The minimum Gasteiger partial charge on any atom is -0.484 e. The van der Waals surface area contributed by atoms with E-state index in [2.05, 4.69) is 5.32 Å². The first kappa shape index (κ1) is 23.0. The molecule has 1 atom stereocenters. The number of nitrogens with one attached hydrogen (secondary N) is 1. The van der Waals surface area contributed by atoms with E-state index in [9.17, 15) is 9.59 Å². The molecule has 29 heavy (non-hydrogen) atoms. The summed E-state index contributed by atoms with van der Waals surface area (Å²) < 4.78 is 5.71. The Hall–Kier alpha value is -2.24. The van der Waals surface area contributed by atoms with E-state index in [1.54, 1.807) is 25.1 Å². The molecule has 2 amide bonds. The number of rotatable bonds is 8. The average Bonchev–Trinajstić information content (AvgIpc) is 2.64. The lowest BCUT2D eigenvalue weighted by Gasteiger charge is -2.29. The van der Waals surface area contributed by atoms with Crippen LogP contribution in [0, 0.1) is 13.8 Å². The van der Waals surface area contributed by atoms with Crippen LogP contribution < -0.4 is 10.1 Å². The molecule has 2 rings (SSSR count). The van der Waals surface area contributed by atoms with Crippen LogP contribution in [0.15, 0.2) is 36.4 Å². The number of halogens is 2. The van der Waals surface area contributed by atoms with Gasteiger partial charge in [0.2, 0.25) is 5.91 Å². The van der Waals surface area contributed by atoms with Gasteiger partial charge in [-0.15, -0.1) is 0 Å². The summed E-state index contributed by atoms with van der Waals surface area (Å²) in [7, 11) is 0. The van der Waals surface area contributed by atoms with Crippen molar-refractivity contribution in [1.29, 1.82) is 0 Å². The monoisotopic (exact) mass is 436 g/mol. The van der Waals surface area contributed by atoms with Crippen molar-refractivity contribution in [2.45, 2.75) is 40.3 Å². The van der Waals surface area contributed by atoms with Gasteiger partial charge in [0, 0.05) is 23.1 Å². The zero-order chi connectivity index (χ0) is 21.6. The molecule has 2 aromatic rings. The summed E-state index contributed by atoms with van der Waals surface area (Å²) in [5.74, 6) is 0.0669. The molecule has 0 heterocycles. The fraction of sp³-hybridized carbons (Fsp3) is 0.364. The highest BCUT2D eigenvalue weighted by Gasteiger charge is 2.26. The highest BCUT2D eigenvalue weighted by Crippen LogP contribution is 2.23. The molecular weight excluding hydrogens is 411 g/mol. The third-order valence-corrected chi connectivity index (χ3v) is 5.02. The van der Waals surface area contributed by atoms with E-state index in [1.165, 1.54) is 4.90 Å². The number of ether oxygens (including phenoxy) is 1. The van der Waals surface area contributed by atoms with Crippen molar-refractivity contribution in [3.05, 3.63) is 63.1 Å². The fourth-order valence-corrected chi connectivity index (χ4v) is 3.45. The predicted molar refractivity (Wildman–Crippen MR) is 117 cm³/mol. The Morgan fingerprint density at radius 1 is 1.10 bits per heavy atom. The Labute approximate surface area is 181 Å². The maximum Gasteiger partial charge on any atom is 0.261 e. The van der Waals surface area contributed by atoms with E-state index < -0.39 is 6.04 Å². The van der Waals surface area contributed by atoms with E-state index >= 15 is 0 Å². The van der Waals surface area contributed by atoms with Crippen LogP contribution in [0.25, 0.3) is 0 Å². The summed E-state index contributed by atoms with van der Waals surface area (Å²) in [5.41, 5.74) is 2.80. The van der Waals surface area contributed by atoms with Crippen LogP contribution in [0.2, 0.25) is 10.0 Å². The van der Waals surface area contributed by atoms with Crippen LogP contribution in [0.5, 0.6) is 5.75 Å². The van der Waals surface area contributed by atoms with Crippen molar-refractivity contribution < 1.29 is 14.3 Å². The molecule has 0 aliphatic heterocycles. The SMILES string of the molecule is CCNC(=O)[C@H](C)N(Cc1ccc(Cl)cc1Cl)C(=O)COc1cc(C)cc(C)c1. The van der Waals surface area contributed by atoms with E-state index in [0.29, 0.717) is 27.9 Å². The molecular formula is C22H26Cl2N2O3. The first-order chi connectivity index (χ1) is 13.7. The van der Waals surface area contributed by atoms with Crippen LogP contribution >= 0.6 is 23.2 Å². The van der Waals surface area contributed by atoms with Gasteiger partial charge in [0.25, 0.3) is 5.91 Å². The normalized spacial score (nSPS) is 11.7. The maximum atomic E-state index is 13.0. The number of nitrogens with zero attached hydrogens (tertiary/aromatic N) is 1. The molecule has 2 aromatic carbocycles. The molecule has 156 valence electrons. The van der Waals surface area contributed by atoms with E-state index in [0.717, 1.165) is 11.1 Å². The van der Waals surface area contributed by atoms with Gasteiger partial charge in [0.15, 0.2) is 6.61 Å². The molecule has 0 unspecified atom stereocenters. The van der Waals surface area contributed by atoms with Gasteiger partial charge in [0.05, 0.1) is 0 Å². The lowest BCUT2D eigenvalue weighted by Crippen LogP contribution is -2.49. The first-order valence-electron chi connectivity index (χ1n) is 9.43. The molecule has 0 fully saturated rings. The van der Waals surface area contributed by atoms with Gasteiger partial charge in [-0.25, -0.2) is 0 Å². The number of likely N-dealkylation sites (N-methyl/N-ethyl adjacent to an activating group) is 1. The number of benzene rings is 2. The first-order valence-corrected chi connectivity index (χ1v) is 10.2. The van der Waals surface area contributed by atoms with Gasteiger partial charge in [-0.3, -0.25) is 9.59 Å². The van der Waals surface area contributed by atoms with Crippen molar-refractivity contribution in [2.24, 2.45) is 0 Å². The zero-order valence-electron chi connectivity index (χ0n) is 17.1. The van der Waals surface area contributed by atoms with Crippen LogP contribution in [0.3, 0.4) is 0 Å². The third-order valence-electron chi connectivity index (χ3n) is 4.43. The summed E-state index contributed by atoms with van der Waals surface area (Å²) in [6.07, 6.45) is 0. The van der Waals surface area contributed by atoms with Gasteiger partial charge in [-0.05, 0) is 68.7 Å². The number of carbonyl (C=O) groups is 2. The summed E-state index contributed by atoms with van der Waals surface area (Å²) in [6.45, 7) is 7.91. The molecule has 0 aliphatic carbocycles. The summed E-state index contributed by atoms with van der Waals surface area (Å²) in [5, 5.41) is 3.70. The Morgan fingerprint density at radius 2 is 1.76 bits per heavy atom. The van der Waals surface area contributed by atoms with Crippen molar-refractivity contribution in [1.82, 2.24) is 10.2 Å². The second-order valence-electron chi connectivity index (χ2n) is 6.94. The van der Waals surface area contributed by atoms with Crippen molar-refractivity contribution >= 4 is 35.0 Å². The van der Waals surface area contributed by atoms with Crippen LogP contribution in [-0.2, 0) is 16.1 Å². The summed E-state index contributed by atoms with van der Waals surface area (Å²) in [6, 6.07) is 10.2. The van der Waals surface area contributed by atoms with Crippen LogP contribution in [0.1, 0.15) is 30.5 Å². The van der Waals surface area contributed by atoms with Gasteiger partial charge < -0.3 is 15.0 Å². The standard InChI is InChI=1S/C22H26Cl2N2O3/c1-5-25-22(28)16(4)26(12-17-6-7-18(23)11-20(17)24)21(27)13-29-19-9-14(2)8-15(3)10-19/h6-11,16H,5,12-13H2,1-4H3,(H,25,28)/t16-/m0/s1. The minimum absolute atomic E-state index is 0.170. The molecule has 7 heteroatoms. The van der Waals surface area contributed by atoms with Crippen LogP contribution in [0.4, 0.5) is 0 Å². The minimum atomic E-state index is -0.683. The lowest BCUT2D eigenvalue weighted by atomic mass is 10.1. The molecule has 1 N–H and O–H groups in total. The van der Waals surface area contributed by atoms with Gasteiger partial charge >= 0.3 is 0 Å². The maximum absolute atomic E-state index is 13.0. The molecule has 0 saturated heterocycles. The third kappa shape index (κ3) is 6.65. The number of aryl methyl sites for hydroxylation is 2. The number of hydrogen-bond donors (Lipinski definition) is 1. The molecule has 0 aromatic heterocycles. The highest BCUT2D eigenvalue weighted by molar-refractivity contribution is 6.35. The summed E-state index contributed by atoms with van der Waals surface area (Å²) >= 11 is 12.2. The second kappa shape index (κ2) is 10.5.